The van der Waals surface area contributed by atoms with Crippen molar-refractivity contribution in [3.8, 4) is 0 Å². The zero-order valence-electron chi connectivity index (χ0n) is 48.7. The number of anilines is 8. The first kappa shape index (κ1) is 49.1. The molecule has 0 bridgehead atoms. The molecule has 14 rings (SSSR count). The van der Waals surface area contributed by atoms with Crippen LogP contribution in [0, 0.1) is 6.92 Å². The van der Waals surface area contributed by atoms with Gasteiger partial charge in [-0.2, -0.15) is 0 Å². The maximum atomic E-state index is 2.80. The van der Waals surface area contributed by atoms with Crippen molar-refractivity contribution in [1.82, 2.24) is 0 Å². The summed E-state index contributed by atoms with van der Waals surface area (Å²) in [7, 11) is 0. The molecular weight excluding hydrogens is 938 g/mol. The van der Waals surface area contributed by atoms with E-state index >= 15 is 0 Å². The van der Waals surface area contributed by atoms with E-state index in [1.165, 1.54) is 174 Å². The number of rotatable bonds is 3. The molecule has 7 aliphatic rings. The Bertz CT molecular complexity index is 3660. The normalized spacial score (nSPS) is 25.1. The lowest BCUT2D eigenvalue weighted by molar-refractivity contribution is 0.195. The fourth-order valence-corrected chi connectivity index (χ4v) is 18.2. The van der Waals surface area contributed by atoms with E-state index in [9.17, 15) is 0 Å². The van der Waals surface area contributed by atoms with Crippen molar-refractivity contribution in [2.75, 3.05) is 14.7 Å². The topological polar surface area (TPSA) is 9.72 Å². The SMILES string of the molecule is Cc1cc2c3c(c1)N(c1ccc4c(c1)C(C)(C)CCC4(C)C)c1c(sc4cc5c(cc14)C(C)(C)CCC5(C)C)B3c1ccc(N3c4ccccc4C4(C)CCCCC34C)cc1N2c1ccc2c(c1)C(C)(C)CCC2(C)C. The first-order chi connectivity index (χ1) is 35.8. The molecule has 1 fully saturated rings. The second kappa shape index (κ2) is 15.5. The van der Waals surface area contributed by atoms with Crippen molar-refractivity contribution < 1.29 is 0 Å². The first-order valence-electron chi connectivity index (χ1n) is 29.5. The van der Waals surface area contributed by atoms with Gasteiger partial charge in [-0.15, -0.1) is 11.3 Å². The molecular formula is C71H82BN3S. The number of fused-ring (bicyclic) bond motifs is 12. The molecule has 5 heteroatoms. The number of aryl methyl sites for hydroxylation is 1. The minimum absolute atomic E-state index is 0.0466. The third kappa shape index (κ3) is 6.53. The average Bonchev–Trinajstić information content (AvgIpc) is 3.96. The van der Waals surface area contributed by atoms with Crippen LogP contribution in [0.15, 0.2) is 103 Å². The standard InChI is InChI=1S/C71H82BN3S/c1-43-36-58-61-59(37-43)74(45-23-26-49-52(39-45)67(8,9)33-31-65(49,4)5)62-47-41-53-54(69(12,13)35-34-68(53,10)11)42-60(47)76-63(62)72(61)55-27-24-46(75-56-21-17-16-20-50(56)70(14)28-18-19-29-71(70,75)15)40-57(55)73(58)44-22-25-48-51(38-44)66(6,7)32-30-64(48,2)3/h16-17,20-27,36-42H,18-19,28-35H2,1-15H3. The molecule has 0 saturated heterocycles. The summed E-state index contributed by atoms with van der Waals surface area (Å²) < 4.78 is 2.89. The van der Waals surface area contributed by atoms with Crippen molar-refractivity contribution in [2.45, 2.75) is 212 Å². The second-order valence-electron chi connectivity index (χ2n) is 29.7. The average molecular weight is 1020 g/mol. The molecule has 6 aromatic carbocycles. The van der Waals surface area contributed by atoms with Crippen molar-refractivity contribution in [2.24, 2.45) is 0 Å². The van der Waals surface area contributed by atoms with Gasteiger partial charge in [-0.25, -0.2) is 0 Å². The summed E-state index contributed by atoms with van der Waals surface area (Å²) in [4.78, 5) is 8.31. The van der Waals surface area contributed by atoms with E-state index in [1.807, 2.05) is 0 Å². The number of nitrogens with zero attached hydrogens (tertiary/aromatic N) is 3. The molecule has 3 aliphatic heterocycles. The van der Waals surface area contributed by atoms with E-state index in [-0.39, 0.29) is 50.2 Å². The van der Waals surface area contributed by atoms with Crippen LogP contribution in [0.2, 0.25) is 0 Å². The van der Waals surface area contributed by atoms with Crippen LogP contribution in [-0.4, -0.2) is 12.3 Å². The minimum atomic E-state index is -0.0466. The van der Waals surface area contributed by atoms with Gasteiger partial charge in [-0.1, -0.05) is 139 Å². The first-order valence-corrected chi connectivity index (χ1v) is 30.3. The second-order valence-corrected chi connectivity index (χ2v) is 30.8. The van der Waals surface area contributed by atoms with Crippen LogP contribution in [0.25, 0.3) is 10.1 Å². The van der Waals surface area contributed by atoms with Gasteiger partial charge in [0, 0.05) is 60.1 Å². The summed E-state index contributed by atoms with van der Waals surface area (Å²) in [6.45, 7) is 37.4. The number of benzene rings is 6. The van der Waals surface area contributed by atoms with Crippen LogP contribution in [-0.2, 0) is 37.9 Å². The molecule has 0 N–H and O–H groups in total. The molecule has 0 radical (unpaired) electrons. The molecule has 1 saturated carbocycles. The fourth-order valence-electron chi connectivity index (χ4n) is 16.9. The largest absolute Gasteiger partial charge is 0.334 e. The van der Waals surface area contributed by atoms with Crippen molar-refractivity contribution in [3.05, 3.63) is 148 Å². The Labute approximate surface area is 460 Å². The smallest absolute Gasteiger partial charge is 0.264 e. The molecule has 0 amide bonds. The summed E-state index contributed by atoms with van der Waals surface area (Å²) in [5, 5.41) is 1.41. The Morgan fingerprint density at radius 3 is 1.53 bits per heavy atom. The lowest BCUT2D eigenvalue weighted by atomic mass is 9.36. The molecule has 0 spiro atoms. The molecule has 2 unspecified atom stereocenters. The van der Waals surface area contributed by atoms with E-state index in [2.05, 4.69) is 233 Å². The van der Waals surface area contributed by atoms with Gasteiger partial charge >= 0.3 is 0 Å². The van der Waals surface area contributed by atoms with Gasteiger partial charge < -0.3 is 14.7 Å². The van der Waals surface area contributed by atoms with Crippen LogP contribution < -0.4 is 30.4 Å². The zero-order chi connectivity index (χ0) is 53.2. The molecule has 4 heterocycles. The van der Waals surface area contributed by atoms with Gasteiger partial charge in [0.15, 0.2) is 0 Å². The number of thiophene rings is 1. The maximum Gasteiger partial charge on any atom is 0.264 e. The van der Waals surface area contributed by atoms with Crippen LogP contribution >= 0.6 is 11.3 Å². The highest BCUT2D eigenvalue weighted by Gasteiger charge is 2.58. The lowest BCUT2D eigenvalue weighted by Crippen LogP contribution is -2.60. The Kier molecular flexibility index (Phi) is 10.0. The Morgan fingerprint density at radius 1 is 0.421 bits per heavy atom. The lowest BCUT2D eigenvalue weighted by Gasteiger charge is -2.50. The van der Waals surface area contributed by atoms with Crippen LogP contribution in [0.5, 0.6) is 0 Å². The van der Waals surface area contributed by atoms with Gasteiger partial charge in [0.05, 0.1) is 11.2 Å². The molecule has 3 nitrogen and oxygen atoms in total. The monoisotopic (exact) mass is 1020 g/mol. The molecule has 2 atom stereocenters. The fraction of sp³-hybridized carbons (Fsp3) is 0.465. The van der Waals surface area contributed by atoms with E-state index in [0.29, 0.717) is 0 Å². The molecule has 76 heavy (non-hydrogen) atoms. The summed E-state index contributed by atoms with van der Waals surface area (Å²) >= 11 is 2.09. The van der Waals surface area contributed by atoms with E-state index in [1.54, 1.807) is 5.56 Å². The van der Waals surface area contributed by atoms with Crippen molar-refractivity contribution >= 4 is 89.3 Å². The van der Waals surface area contributed by atoms with E-state index < -0.39 is 0 Å². The predicted molar refractivity (Wildman–Crippen MR) is 329 cm³/mol. The van der Waals surface area contributed by atoms with E-state index in [4.69, 9.17) is 0 Å². The number of para-hydroxylation sites is 1. The quantitative estimate of drug-likeness (QED) is 0.163. The van der Waals surface area contributed by atoms with Crippen molar-refractivity contribution in [3.63, 3.8) is 0 Å². The minimum Gasteiger partial charge on any atom is -0.334 e. The highest BCUT2D eigenvalue weighted by Crippen LogP contribution is 2.62. The van der Waals surface area contributed by atoms with Gasteiger partial charge in [-0.3, -0.25) is 0 Å². The summed E-state index contributed by atoms with van der Waals surface area (Å²) in [6.07, 6.45) is 12.1. The van der Waals surface area contributed by atoms with E-state index in [0.717, 1.165) is 0 Å². The molecule has 1 aromatic heterocycles. The molecule has 7 aromatic rings. The number of hydrogen-bond acceptors (Lipinski definition) is 4. The Hall–Kier alpha value is -5.26. The van der Waals surface area contributed by atoms with Crippen LogP contribution in [0.1, 0.15) is 206 Å². The zero-order valence-corrected chi connectivity index (χ0v) is 49.5. The van der Waals surface area contributed by atoms with Crippen molar-refractivity contribution in [1.29, 1.82) is 0 Å². The summed E-state index contributed by atoms with van der Waals surface area (Å²) in [5.74, 6) is 0. The van der Waals surface area contributed by atoms with Gasteiger partial charge in [-0.05, 0) is 220 Å². The maximum absolute atomic E-state index is 2.80. The molecule has 4 aliphatic carbocycles. The summed E-state index contributed by atoms with van der Waals surface area (Å²) in [5.41, 5.74) is 26.0. The third-order valence-electron chi connectivity index (χ3n) is 22.2. The van der Waals surface area contributed by atoms with Gasteiger partial charge in [0.1, 0.15) is 0 Å². The Balaban J connectivity index is 1.08. The van der Waals surface area contributed by atoms with Gasteiger partial charge in [0.2, 0.25) is 0 Å². The predicted octanol–water partition coefficient (Wildman–Crippen LogP) is 18.1. The van der Waals surface area contributed by atoms with Crippen LogP contribution in [0.3, 0.4) is 0 Å². The number of hydrogen-bond donors (Lipinski definition) is 0. The summed E-state index contributed by atoms with van der Waals surface area (Å²) in [6, 6.07) is 42.9. The highest BCUT2D eigenvalue weighted by atomic mass is 32.1. The van der Waals surface area contributed by atoms with Crippen LogP contribution in [0.4, 0.5) is 45.5 Å². The highest BCUT2D eigenvalue weighted by molar-refractivity contribution is 7.33. The Morgan fingerprint density at radius 2 is 0.921 bits per heavy atom. The third-order valence-corrected chi connectivity index (χ3v) is 23.4. The van der Waals surface area contributed by atoms with Gasteiger partial charge in [0.25, 0.3) is 6.71 Å². The molecule has 390 valence electrons.